The van der Waals surface area contributed by atoms with E-state index in [1.54, 1.807) is 6.92 Å². The van der Waals surface area contributed by atoms with Crippen molar-refractivity contribution in [2.45, 2.75) is 40.2 Å². The summed E-state index contributed by atoms with van der Waals surface area (Å²) in [5.74, 6) is 7.53. The Bertz CT molecular complexity index is 1030. The minimum absolute atomic E-state index is 0.309. The van der Waals surface area contributed by atoms with E-state index >= 15 is 0 Å². The zero-order valence-electron chi connectivity index (χ0n) is 20.0. The van der Waals surface area contributed by atoms with Crippen LogP contribution >= 0.6 is 22.6 Å². The van der Waals surface area contributed by atoms with E-state index in [9.17, 15) is 9.90 Å². The van der Waals surface area contributed by atoms with Crippen LogP contribution in [-0.2, 0) is 16.0 Å². The van der Waals surface area contributed by atoms with Gasteiger partial charge in [0.1, 0.15) is 23.9 Å². The molecule has 2 rings (SSSR count). The van der Waals surface area contributed by atoms with E-state index in [-0.39, 0.29) is 0 Å². The number of carboxylic acid groups (broad SMARTS) is 1. The fourth-order valence-electron chi connectivity index (χ4n) is 3.04. The number of benzene rings is 2. The largest absolute Gasteiger partial charge is 0.494 e. The minimum atomic E-state index is -0.961. The number of rotatable bonds is 12. The summed E-state index contributed by atoms with van der Waals surface area (Å²) >= 11 is 2.19. The molecule has 182 valence electrons. The molecule has 0 saturated carbocycles. The van der Waals surface area contributed by atoms with Crippen molar-refractivity contribution in [2.24, 2.45) is 0 Å². The maximum absolute atomic E-state index is 11.3. The van der Waals surface area contributed by atoms with Gasteiger partial charge in [0.2, 0.25) is 0 Å². The van der Waals surface area contributed by atoms with E-state index in [4.69, 9.17) is 18.9 Å². The highest BCUT2D eigenvalue weighted by Gasteiger charge is 2.18. The lowest BCUT2D eigenvalue weighted by Crippen LogP contribution is -2.26. The van der Waals surface area contributed by atoms with Crippen LogP contribution in [-0.4, -0.2) is 43.6 Å². The van der Waals surface area contributed by atoms with Crippen molar-refractivity contribution in [1.29, 1.82) is 0 Å². The first-order chi connectivity index (χ1) is 16.4. The Hall–Kier alpha value is -2.70. The third-order valence-corrected chi connectivity index (χ3v) is 5.44. The molecule has 0 aliphatic carbocycles. The molecule has 0 amide bonds. The van der Waals surface area contributed by atoms with E-state index in [1.165, 1.54) is 0 Å². The molecule has 0 saturated heterocycles. The van der Waals surface area contributed by atoms with E-state index in [0.717, 1.165) is 37.5 Å². The van der Waals surface area contributed by atoms with Gasteiger partial charge in [0.05, 0.1) is 16.8 Å². The lowest BCUT2D eigenvalue weighted by molar-refractivity contribution is -0.149. The molecule has 2 aromatic carbocycles. The van der Waals surface area contributed by atoms with Gasteiger partial charge >= 0.3 is 5.97 Å². The molecule has 1 N–H and O–H groups in total. The Labute approximate surface area is 215 Å². The molecule has 7 heteroatoms. The first-order valence-corrected chi connectivity index (χ1v) is 12.3. The zero-order chi connectivity index (χ0) is 24.9. The summed E-state index contributed by atoms with van der Waals surface area (Å²) in [4.78, 5) is 11.3. The first-order valence-electron chi connectivity index (χ1n) is 11.2. The van der Waals surface area contributed by atoms with Crippen molar-refractivity contribution in [3.63, 3.8) is 0 Å². The van der Waals surface area contributed by atoms with Gasteiger partial charge in [0.25, 0.3) is 0 Å². The van der Waals surface area contributed by atoms with Crippen LogP contribution in [0.25, 0.3) is 0 Å². The molecule has 0 aliphatic rings. The van der Waals surface area contributed by atoms with Gasteiger partial charge in [0, 0.05) is 24.7 Å². The highest BCUT2D eigenvalue weighted by atomic mass is 127. The maximum Gasteiger partial charge on any atom is 0.333 e. The predicted molar refractivity (Wildman–Crippen MR) is 141 cm³/mol. The van der Waals surface area contributed by atoms with E-state index in [0.29, 0.717) is 32.8 Å². The van der Waals surface area contributed by atoms with Gasteiger partial charge in [-0.25, -0.2) is 4.79 Å². The summed E-state index contributed by atoms with van der Waals surface area (Å²) in [5.41, 5.74) is 2.59. The number of carboxylic acids is 1. The lowest BCUT2D eigenvalue weighted by Gasteiger charge is -2.13. The van der Waals surface area contributed by atoms with Gasteiger partial charge in [-0.2, -0.15) is 0 Å². The molecule has 2 aromatic rings. The summed E-state index contributed by atoms with van der Waals surface area (Å²) in [5, 5.41) is 9.27. The monoisotopic (exact) mass is 578 g/mol. The van der Waals surface area contributed by atoms with Crippen molar-refractivity contribution < 1.29 is 28.8 Å². The van der Waals surface area contributed by atoms with Crippen LogP contribution in [0.4, 0.5) is 0 Å². The Morgan fingerprint density at radius 3 is 2.26 bits per heavy atom. The second-order valence-electron chi connectivity index (χ2n) is 7.26. The van der Waals surface area contributed by atoms with E-state index in [1.807, 2.05) is 63.2 Å². The molecule has 0 bridgehead atoms. The highest BCUT2D eigenvalue weighted by Crippen LogP contribution is 2.24. The quantitative estimate of drug-likeness (QED) is 0.265. The highest BCUT2D eigenvalue weighted by molar-refractivity contribution is 14.1. The van der Waals surface area contributed by atoms with Crippen LogP contribution in [0.15, 0.2) is 48.0 Å². The molecular weight excluding hydrogens is 547 g/mol. The number of hydrogen-bond donors (Lipinski definition) is 1. The summed E-state index contributed by atoms with van der Waals surface area (Å²) in [6, 6.07) is 11.3. The molecule has 0 aliphatic heterocycles. The van der Waals surface area contributed by atoms with Gasteiger partial charge in [0.15, 0.2) is 6.10 Å². The predicted octanol–water partition coefficient (Wildman–Crippen LogP) is 5.50. The Morgan fingerprint density at radius 2 is 1.71 bits per heavy atom. The van der Waals surface area contributed by atoms with Crippen molar-refractivity contribution in [3.05, 3.63) is 62.7 Å². The molecule has 0 radical (unpaired) electrons. The summed E-state index contributed by atoms with van der Waals surface area (Å²) < 4.78 is 23.3. The van der Waals surface area contributed by atoms with Gasteiger partial charge < -0.3 is 24.1 Å². The number of carbonyl (C=O) groups is 1. The maximum atomic E-state index is 11.3. The summed E-state index contributed by atoms with van der Waals surface area (Å²) in [7, 11) is 0. The van der Waals surface area contributed by atoms with Crippen molar-refractivity contribution >= 4 is 28.6 Å². The van der Waals surface area contributed by atoms with Gasteiger partial charge in [-0.15, -0.1) is 0 Å². The van der Waals surface area contributed by atoms with Crippen LogP contribution in [0.3, 0.4) is 0 Å². The van der Waals surface area contributed by atoms with Crippen LogP contribution in [0.2, 0.25) is 0 Å². The van der Waals surface area contributed by atoms with E-state index in [2.05, 4.69) is 34.4 Å². The molecule has 0 unspecified atom stereocenters. The van der Waals surface area contributed by atoms with Gasteiger partial charge in [-0.3, -0.25) is 0 Å². The standard InChI is InChI=1S/C27H31IO6/c1-5-31-22-14-20(15-23(18-22)32-6-2)9-8-19(4)12-13-34-25-11-10-21(16-24(25)28)17-26(27(29)30)33-7-3/h10-12,14-16,18,26H,5-7,13,17H2,1-4H3,(H,29,30)/b19-12+/t26-/m0/s1. The summed E-state index contributed by atoms with van der Waals surface area (Å²) in [6.07, 6.45) is 1.38. The Kier molecular flexibility index (Phi) is 11.8. The number of ether oxygens (including phenoxy) is 4. The number of halogens is 1. The molecule has 0 fully saturated rings. The van der Waals surface area contributed by atoms with Gasteiger partial charge in [-0.05, 0) is 91.8 Å². The number of allylic oxidation sites excluding steroid dienone is 1. The molecule has 1 atom stereocenters. The van der Waals surface area contributed by atoms with E-state index < -0.39 is 12.1 Å². The van der Waals surface area contributed by atoms with Crippen LogP contribution < -0.4 is 14.2 Å². The molecule has 0 heterocycles. The summed E-state index contributed by atoms with van der Waals surface area (Å²) in [6.45, 7) is 9.47. The normalized spacial score (nSPS) is 11.9. The zero-order valence-corrected chi connectivity index (χ0v) is 22.2. The molecular formula is C27H31IO6. The number of aliphatic carboxylic acids is 1. The van der Waals surface area contributed by atoms with Gasteiger partial charge in [-0.1, -0.05) is 17.9 Å². The topological polar surface area (TPSA) is 74.2 Å². The average molecular weight is 578 g/mol. The second kappa shape index (κ2) is 14.5. The SMILES string of the molecule is CCOc1cc(C#C/C(C)=C/COc2ccc(C[C@H](OCC)C(=O)O)cc2I)cc(OCC)c1. The molecule has 0 spiro atoms. The molecule has 6 nitrogen and oxygen atoms in total. The fourth-order valence-corrected chi connectivity index (χ4v) is 3.78. The average Bonchev–Trinajstić information content (AvgIpc) is 2.79. The van der Waals surface area contributed by atoms with Crippen LogP contribution in [0.5, 0.6) is 17.2 Å². The Balaban J connectivity index is 2.01. The van der Waals surface area contributed by atoms with Crippen LogP contribution in [0, 0.1) is 15.4 Å². The van der Waals surface area contributed by atoms with Crippen molar-refractivity contribution in [1.82, 2.24) is 0 Å². The van der Waals surface area contributed by atoms with Crippen LogP contribution in [0.1, 0.15) is 38.8 Å². The third kappa shape index (κ3) is 9.27. The van der Waals surface area contributed by atoms with Crippen molar-refractivity contribution in [2.75, 3.05) is 26.4 Å². The molecule has 34 heavy (non-hydrogen) atoms. The Morgan fingerprint density at radius 1 is 1.03 bits per heavy atom. The minimum Gasteiger partial charge on any atom is -0.494 e. The molecule has 0 aromatic heterocycles. The van der Waals surface area contributed by atoms with Crippen molar-refractivity contribution in [3.8, 4) is 29.1 Å². The smallest absolute Gasteiger partial charge is 0.333 e. The first kappa shape index (κ1) is 27.5. The fraction of sp³-hybridized carbons (Fsp3) is 0.370. The lowest BCUT2D eigenvalue weighted by atomic mass is 10.1. The third-order valence-electron chi connectivity index (χ3n) is 4.60. The second-order valence-corrected chi connectivity index (χ2v) is 8.42. The number of hydrogen-bond acceptors (Lipinski definition) is 5.